The monoisotopic (exact) mass is 207 g/mol. The quantitative estimate of drug-likeness (QED) is 0.821. The molecule has 0 saturated carbocycles. The second-order valence-electron chi connectivity index (χ2n) is 3.25. The highest BCUT2D eigenvalue weighted by Gasteiger charge is 2.12. The number of nitrogens with zero attached hydrogens (tertiary/aromatic N) is 1. The molecule has 0 bridgehead atoms. The molecule has 0 amide bonds. The van der Waals surface area contributed by atoms with Gasteiger partial charge in [-0.15, -0.1) is 0 Å². The van der Waals surface area contributed by atoms with Crippen LogP contribution in [0.4, 0.5) is 4.39 Å². The highest BCUT2D eigenvalue weighted by Crippen LogP contribution is 2.25. The zero-order chi connectivity index (χ0) is 10.8. The molecule has 0 atom stereocenters. The number of hydrogen-bond acceptors (Lipinski definition) is 3. The second-order valence-corrected chi connectivity index (χ2v) is 3.25. The van der Waals surface area contributed by atoms with Gasteiger partial charge in [0.25, 0.3) is 0 Å². The van der Waals surface area contributed by atoms with E-state index < -0.39 is 0 Å². The topological polar surface area (TPSA) is 46.3 Å². The summed E-state index contributed by atoms with van der Waals surface area (Å²) in [6.45, 7) is 1.60. The molecule has 0 unspecified atom stereocenters. The van der Waals surface area contributed by atoms with Gasteiger partial charge >= 0.3 is 0 Å². The van der Waals surface area contributed by atoms with Crippen LogP contribution >= 0.6 is 0 Å². The minimum atomic E-state index is -0.325. The van der Waals surface area contributed by atoms with E-state index in [-0.39, 0.29) is 12.4 Å². The van der Waals surface area contributed by atoms with Gasteiger partial charge < -0.3 is 9.63 Å². The van der Waals surface area contributed by atoms with E-state index in [1.54, 1.807) is 19.1 Å². The van der Waals surface area contributed by atoms with Crippen LogP contribution in [0.1, 0.15) is 11.3 Å². The van der Waals surface area contributed by atoms with Crippen molar-refractivity contribution in [2.24, 2.45) is 0 Å². The summed E-state index contributed by atoms with van der Waals surface area (Å²) >= 11 is 0. The molecule has 0 saturated heterocycles. The molecule has 0 aliphatic rings. The first-order valence-electron chi connectivity index (χ1n) is 4.54. The summed E-state index contributed by atoms with van der Waals surface area (Å²) in [4.78, 5) is 0. The zero-order valence-corrected chi connectivity index (χ0v) is 8.20. The minimum Gasteiger partial charge on any atom is -0.390 e. The van der Waals surface area contributed by atoms with Gasteiger partial charge in [-0.3, -0.25) is 0 Å². The number of benzene rings is 1. The van der Waals surface area contributed by atoms with Crippen LogP contribution < -0.4 is 0 Å². The number of hydrogen-bond donors (Lipinski definition) is 1. The van der Waals surface area contributed by atoms with Crippen LogP contribution in [0.2, 0.25) is 0 Å². The first-order chi connectivity index (χ1) is 7.22. The number of aromatic nitrogens is 1. The van der Waals surface area contributed by atoms with Crippen molar-refractivity contribution in [3.05, 3.63) is 41.3 Å². The van der Waals surface area contributed by atoms with Crippen LogP contribution in [-0.2, 0) is 6.61 Å². The van der Waals surface area contributed by atoms with Crippen LogP contribution in [0.5, 0.6) is 0 Å². The van der Waals surface area contributed by atoms with Crippen LogP contribution in [-0.4, -0.2) is 10.3 Å². The van der Waals surface area contributed by atoms with Crippen molar-refractivity contribution >= 4 is 0 Å². The third kappa shape index (κ3) is 1.76. The van der Waals surface area contributed by atoms with E-state index in [0.717, 1.165) is 5.56 Å². The predicted molar refractivity (Wildman–Crippen MR) is 52.6 cm³/mol. The van der Waals surface area contributed by atoms with E-state index in [0.29, 0.717) is 17.0 Å². The maximum atomic E-state index is 13.0. The van der Waals surface area contributed by atoms with E-state index in [1.807, 2.05) is 0 Å². The van der Waals surface area contributed by atoms with Crippen molar-refractivity contribution in [3.8, 4) is 11.3 Å². The van der Waals surface area contributed by atoms with Crippen molar-refractivity contribution in [2.45, 2.75) is 13.5 Å². The molecule has 2 rings (SSSR count). The Morgan fingerprint density at radius 3 is 2.87 bits per heavy atom. The fourth-order valence-electron chi connectivity index (χ4n) is 1.42. The molecule has 0 spiro atoms. The Hall–Kier alpha value is -1.68. The average Bonchev–Trinajstić information content (AvgIpc) is 2.59. The molecule has 0 fully saturated rings. The standard InChI is InChI=1S/C11H10FNO2/c1-7-10(6-14)13-15-11(7)8-3-2-4-9(12)5-8/h2-5,14H,6H2,1H3. The third-order valence-corrected chi connectivity index (χ3v) is 2.26. The second kappa shape index (κ2) is 3.82. The fraction of sp³-hybridized carbons (Fsp3) is 0.182. The van der Waals surface area contributed by atoms with Crippen molar-refractivity contribution in [3.63, 3.8) is 0 Å². The van der Waals surface area contributed by atoms with Crippen molar-refractivity contribution in [1.82, 2.24) is 5.16 Å². The van der Waals surface area contributed by atoms with Gasteiger partial charge in [-0.1, -0.05) is 17.3 Å². The normalized spacial score (nSPS) is 10.6. The molecule has 78 valence electrons. The van der Waals surface area contributed by atoms with Crippen LogP contribution in [0.3, 0.4) is 0 Å². The fourth-order valence-corrected chi connectivity index (χ4v) is 1.42. The Kier molecular flexibility index (Phi) is 2.51. The van der Waals surface area contributed by atoms with Gasteiger partial charge in [0.15, 0.2) is 5.76 Å². The van der Waals surface area contributed by atoms with E-state index in [1.165, 1.54) is 12.1 Å². The molecule has 0 aliphatic heterocycles. The molecule has 4 heteroatoms. The maximum absolute atomic E-state index is 13.0. The summed E-state index contributed by atoms with van der Waals surface area (Å²) in [5, 5.41) is 12.6. The lowest BCUT2D eigenvalue weighted by Gasteiger charge is -1.97. The molecule has 0 radical (unpaired) electrons. The summed E-state index contributed by atoms with van der Waals surface area (Å²) in [7, 11) is 0. The lowest BCUT2D eigenvalue weighted by atomic mass is 10.1. The lowest BCUT2D eigenvalue weighted by Crippen LogP contribution is -1.86. The highest BCUT2D eigenvalue weighted by molar-refractivity contribution is 5.61. The van der Waals surface area contributed by atoms with Gasteiger partial charge in [0.2, 0.25) is 0 Å². The molecule has 1 N–H and O–H groups in total. The summed E-state index contributed by atoms with van der Waals surface area (Å²) in [5.41, 5.74) is 1.84. The molecule has 2 aromatic rings. The molecule has 15 heavy (non-hydrogen) atoms. The van der Waals surface area contributed by atoms with Crippen LogP contribution in [0.25, 0.3) is 11.3 Å². The number of aliphatic hydroxyl groups is 1. The maximum Gasteiger partial charge on any atom is 0.170 e. The minimum absolute atomic E-state index is 0.176. The van der Waals surface area contributed by atoms with Gasteiger partial charge in [0.05, 0.1) is 6.61 Å². The Morgan fingerprint density at radius 1 is 1.47 bits per heavy atom. The summed E-state index contributed by atoms with van der Waals surface area (Å²) in [6, 6.07) is 6.07. The number of rotatable bonds is 2. The Labute approximate surface area is 86.1 Å². The van der Waals surface area contributed by atoms with E-state index in [4.69, 9.17) is 9.63 Å². The first kappa shape index (κ1) is 9.86. The smallest absolute Gasteiger partial charge is 0.170 e. The molecule has 1 heterocycles. The van der Waals surface area contributed by atoms with Gasteiger partial charge in [-0.2, -0.15) is 0 Å². The SMILES string of the molecule is Cc1c(CO)noc1-c1cccc(F)c1. The average molecular weight is 207 g/mol. The first-order valence-corrected chi connectivity index (χ1v) is 4.54. The van der Waals surface area contributed by atoms with E-state index in [9.17, 15) is 4.39 Å². The van der Waals surface area contributed by atoms with Gasteiger partial charge in [0, 0.05) is 11.1 Å². The van der Waals surface area contributed by atoms with Crippen LogP contribution in [0.15, 0.2) is 28.8 Å². The molecule has 1 aromatic heterocycles. The summed E-state index contributed by atoms with van der Waals surface area (Å²) < 4.78 is 18.0. The molecular formula is C11H10FNO2. The van der Waals surface area contributed by atoms with Crippen molar-refractivity contribution in [2.75, 3.05) is 0 Å². The molecule has 1 aromatic carbocycles. The molecule has 0 aliphatic carbocycles. The number of aliphatic hydroxyl groups excluding tert-OH is 1. The van der Waals surface area contributed by atoms with Crippen molar-refractivity contribution in [1.29, 1.82) is 0 Å². The Morgan fingerprint density at radius 2 is 2.27 bits per heavy atom. The summed E-state index contributed by atoms with van der Waals surface area (Å²) in [5.74, 6) is 0.174. The van der Waals surface area contributed by atoms with Gasteiger partial charge in [-0.25, -0.2) is 4.39 Å². The highest BCUT2D eigenvalue weighted by atomic mass is 19.1. The number of halogens is 1. The predicted octanol–water partition coefficient (Wildman–Crippen LogP) is 2.28. The molecular weight excluding hydrogens is 197 g/mol. The van der Waals surface area contributed by atoms with Gasteiger partial charge in [0.1, 0.15) is 11.5 Å². The largest absolute Gasteiger partial charge is 0.390 e. The Balaban J connectivity index is 2.49. The zero-order valence-electron chi connectivity index (χ0n) is 8.20. The van der Waals surface area contributed by atoms with E-state index in [2.05, 4.69) is 5.16 Å². The summed E-state index contributed by atoms with van der Waals surface area (Å²) in [6.07, 6.45) is 0. The molecule has 3 nitrogen and oxygen atoms in total. The van der Waals surface area contributed by atoms with Crippen LogP contribution in [0, 0.1) is 12.7 Å². The van der Waals surface area contributed by atoms with E-state index >= 15 is 0 Å². The van der Waals surface area contributed by atoms with Gasteiger partial charge in [-0.05, 0) is 19.1 Å². The van der Waals surface area contributed by atoms with Crippen molar-refractivity contribution < 1.29 is 14.0 Å². The Bertz CT molecular complexity index is 479. The lowest BCUT2D eigenvalue weighted by molar-refractivity contribution is 0.266. The third-order valence-electron chi connectivity index (χ3n) is 2.26.